The van der Waals surface area contributed by atoms with Gasteiger partial charge in [-0.25, -0.2) is 4.98 Å². The van der Waals surface area contributed by atoms with E-state index in [4.69, 9.17) is 36.3 Å². The van der Waals surface area contributed by atoms with Crippen molar-refractivity contribution in [3.63, 3.8) is 0 Å². The minimum atomic E-state index is -2.16. The van der Waals surface area contributed by atoms with Gasteiger partial charge in [-0.15, -0.1) is 0 Å². The lowest BCUT2D eigenvalue weighted by Crippen LogP contribution is -2.49. The molecule has 0 bridgehead atoms. The fraction of sp³-hybridized carbons (Fsp3) is 0.609. The monoisotopic (exact) mass is 523 g/mol. The number of aromatic nitrogens is 4. The molecule has 3 heterocycles. The smallest absolute Gasteiger partial charge is 0.306 e. The Labute approximate surface area is 213 Å². The average Bonchev–Trinajstić information content (AvgIpc) is 3.30. The molecule has 1 aliphatic heterocycles. The molecule has 0 saturated carbocycles. The minimum absolute atomic E-state index is 0.00475. The standard InChI is InChI=1S/C23H30ClN5O7/c1-12(2)8-15(30)34-10-14-18(36-16(31)9-13(3)4)23(32,6-7-24)21(35-14)29-11-26-17-19(29)27-22(25)28-20(17)33-5/h11-14,18,21,32H,8-10H2,1-5H3,(H2,25,27,28)/t14-,18-,21-,23-/m1/s1. The van der Waals surface area contributed by atoms with E-state index in [-0.39, 0.29) is 54.3 Å². The summed E-state index contributed by atoms with van der Waals surface area (Å²) in [7, 11) is 1.40. The van der Waals surface area contributed by atoms with E-state index in [1.54, 1.807) is 0 Å². The van der Waals surface area contributed by atoms with Crippen molar-refractivity contribution in [3.05, 3.63) is 6.33 Å². The molecule has 36 heavy (non-hydrogen) atoms. The summed E-state index contributed by atoms with van der Waals surface area (Å²) < 4.78 is 23.7. The third-order valence-electron chi connectivity index (χ3n) is 5.37. The first kappa shape index (κ1) is 27.4. The molecule has 3 rings (SSSR count). The van der Waals surface area contributed by atoms with Gasteiger partial charge in [-0.05, 0) is 29.4 Å². The summed E-state index contributed by atoms with van der Waals surface area (Å²) in [6.07, 6.45) is -2.16. The maximum Gasteiger partial charge on any atom is 0.306 e. The van der Waals surface area contributed by atoms with Crippen molar-refractivity contribution in [1.82, 2.24) is 19.5 Å². The van der Waals surface area contributed by atoms with Crippen LogP contribution in [0.5, 0.6) is 5.88 Å². The first-order chi connectivity index (χ1) is 17.0. The van der Waals surface area contributed by atoms with E-state index >= 15 is 0 Å². The predicted octanol–water partition coefficient (Wildman–Crippen LogP) is 1.79. The van der Waals surface area contributed by atoms with Gasteiger partial charge in [-0.2, -0.15) is 9.97 Å². The molecule has 0 amide bonds. The number of nitrogens with two attached hydrogens (primary N) is 1. The highest BCUT2D eigenvalue weighted by atomic mass is 35.5. The summed E-state index contributed by atoms with van der Waals surface area (Å²) >= 11 is 5.71. The largest absolute Gasteiger partial charge is 0.479 e. The van der Waals surface area contributed by atoms with Gasteiger partial charge in [0, 0.05) is 18.2 Å². The van der Waals surface area contributed by atoms with Crippen LogP contribution >= 0.6 is 11.6 Å². The lowest BCUT2D eigenvalue weighted by Gasteiger charge is -2.29. The van der Waals surface area contributed by atoms with Crippen LogP contribution in [0.2, 0.25) is 0 Å². The third kappa shape index (κ3) is 5.80. The Morgan fingerprint density at radius 2 is 1.92 bits per heavy atom. The summed E-state index contributed by atoms with van der Waals surface area (Å²) in [5.41, 5.74) is 4.07. The molecule has 2 aromatic rings. The van der Waals surface area contributed by atoms with Crippen molar-refractivity contribution < 1.29 is 33.6 Å². The minimum Gasteiger partial charge on any atom is -0.479 e. The summed E-state index contributed by atoms with van der Waals surface area (Å²) in [6.45, 7) is 7.14. The zero-order chi connectivity index (χ0) is 26.6. The highest BCUT2D eigenvalue weighted by molar-refractivity contribution is 6.30. The molecule has 12 nitrogen and oxygen atoms in total. The van der Waals surface area contributed by atoms with Gasteiger partial charge in [0.1, 0.15) is 12.7 Å². The maximum atomic E-state index is 12.6. The molecule has 4 atom stereocenters. The number of imidazole rings is 1. The van der Waals surface area contributed by atoms with E-state index in [1.165, 1.54) is 18.0 Å². The van der Waals surface area contributed by atoms with Gasteiger partial charge in [0.05, 0.1) is 13.4 Å². The second-order valence-corrected chi connectivity index (χ2v) is 9.47. The number of ether oxygens (including phenoxy) is 4. The van der Waals surface area contributed by atoms with Gasteiger partial charge in [-0.3, -0.25) is 14.2 Å². The number of aliphatic hydroxyl groups is 1. The van der Waals surface area contributed by atoms with Crippen LogP contribution in [0.3, 0.4) is 0 Å². The van der Waals surface area contributed by atoms with Crippen LogP contribution in [0.1, 0.15) is 46.8 Å². The number of hydrogen-bond donors (Lipinski definition) is 2. The molecular formula is C23H30ClN5O7. The summed E-state index contributed by atoms with van der Waals surface area (Å²) in [5, 5.41) is 13.9. The number of nitrogens with zero attached hydrogens (tertiary/aromatic N) is 4. The fourth-order valence-corrected chi connectivity index (χ4v) is 4.01. The van der Waals surface area contributed by atoms with Gasteiger partial charge in [0.2, 0.25) is 17.4 Å². The Kier molecular flexibility index (Phi) is 8.60. The molecule has 0 unspecified atom stereocenters. The Hall–Kier alpha value is -3.14. The van der Waals surface area contributed by atoms with Crippen LogP contribution in [0.25, 0.3) is 11.2 Å². The van der Waals surface area contributed by atoms with E-state index in [2.05, 4.69) is 26.3 Å². The maximum absolute atomic E-state index is 12.6. The zero-order valence-electron chi connectivity index (χ0n) is 20.7. The number of fused-ring (bicyclic) bond motifs is 1. The molecule has 0 spiro atoms. The van der Waals surface area contributed by atoms with Crippen molar-refractivity contribution in [3.8, 4) is 17.2 Å². The Morgan fingerprint density at radius 3 is 2.53 bits per heavy atom. The summed E-state index contributed by atoms with van der Waals surface area (Å²) in [5.74, 6) is 1.52. The predicted molar refractivity (Wildman–Crippen MR) is 129 cm³/mol. The van der Waals surface area contributed by atoms with Crippen LogP contribution in [0, 0.1) is 23.1 Å². The van der Waals surface area contributed by atoms with Crippen LogP contribution in [0.15, 0.2) is 6.33 Å². The molecule has 1 aliphatic rings. The SMILES string of the molecule is COc1nc(N)nc2c1ncn2[C@@H]1O[C@H](COC(=O)CC(C)C)[C@@H](OC(=O)CC(C)C)[C@]1(O)C#CCl. The highest BCUT2D eigenvalue weighted by Crippen LogP contribution is 2.42. The second kappa shape index (κ2) is 11.3. The molecule has 1 fully saturated rings. The van der Waals surface area contributed by atoms with E-state index in [1.807, 2.05) is 27.7 Å². The lowest BCUT2D eigenvalue weighted by molar-refractivity contribution is -0.163. The number of nitrogen functional groups attached to an aromatic ring is 1. The molecule has 196 valence electrons. The quantitative estimate of drug-likeness (QED) is 0.364. The highest BCUT2D eigenvalue weighted by Gasteiger charge is 2.59. The molecule has 1 saturated heterocycles. The number of carbonyl (C=O) groups is 2. The number of anilines is 1. The van der Waals surface area contributed by atoms with Crippen LogP contribution in [-0.2, 0) is 23.8 Å². The Bertz CT molecular complexity index is 1170. The Balaban J connectivity index is 2.04. The van der Waals surface area contributed by atoms with E-state index in [0.717, 1.165) is 0 Å². The lowest BCUT2D eigenvalue weighted by atomic mass is 9.94. The number of halogens is 1. The van der Waals surface area contributed by atoms with E-state index in [0.29, 0.717) is 0 Å². The average molecular weight is 524 g/mol. The van der Waals surface area contributed by atoms with Crippen molar-refractivity contribution in [1.29, 1.82) is 0 Å². The molecule has 13 heteroatoms. The zero-order valence-corrected chi connectivity index (χ0v) is 21.5. The van der Waals surface area contributed by atoms with Crippen LogP contribution < -0.4 is 10.5 Å². The van der Waals surface area contributed by atoms with Crippen molar-refractivity contribution >= 4 is 40.7 Å². The number of carbonyl (C=O) groups excluding carboxylic acids is 2. The number of esters is 2. The molecule has 0 aromatic carbocycles. The van der Waals surface area contributed by atoms with Gasteiger partial charge in [0.25, 0.3) is 0 Å². The van der Waals surface area contributed by atoms with Crippen LogP contribution in [0.4, 0.5) is 5.95 Å². The molecule has 2 aromatic heterocycles. The van der Waals surface area contributed by atoms with Crippen molar-refractivity contribution in [2.24, 2.45) is 11.8 Å². The normalized spacial score (nSPS) is 23.5. The second-order valence-electron chi connectivity index (χ2n) is 9.28. The molecule has 3 N–H and O–H groups in total. The summed E-state index contributed by atoms with van der Waals surface area (Å²) in [4.78, 5) is 37.3. The first-order valence-electron chi connectivity index (χ1n) is 11.4. The van der Waals surface area contributed by atoms with Crippen molar-refractivity contribution in [2.45, 2.75) is 64.6 Å². The van der Waals surface area contributed by atoms with Gasteiger partial charge in [-0.1, -0.05) is 27.7 Å². The third-order valence-corrected chi connectivity index (χ3v) is 5.46. The molecule has 0 aliphatic carbocycles. The Morgan fingerprint density at radius 1 is 1.25 bits per heavy atom. The molecular weight excluding hydrogens is 494 g/mol. The number of hydrogen-bond acceptors (Lipinski definition) is 11. The first-order valence-corrected chi connectivity index (χ1v) is 11.8. The van der Waals surface area contributed by atoms with Gasteiger partial charge >= 0.3 is 11.9 Å². The van der Waals surface area contributed by atoms with Gasteiger partial charge < -0.3 is 29.8 Å². The van der Waals surface area contributed by atoms with E-state index < -0.39 is 36.0 Å². The van der Waals surface area contributed by atoms with E-state index in [9.17, 15) is 14.7 Å². The number of rotatable bonds is 9. The number of methoxy groups -OCH3 is 1. The topological polar surface area (TPSA) is 161 Å². The molecule has 0 radical (unpaired) electrons. The summed E-state index contributed by atoms with van der Waals surface area (Å²) in [6, 6.07) is 0. The fourth-order valence-electron chi connectivity index (χ4n) is 3.85. The van der Waals surface area contributed by atoms with Crippen LogP contribution in [-0.4, -0.2) is 68.1 Å². The van der Waals surface area contributed by atoms with Gasteiger partial charge in [0.15, 0.2) is 23.5 Å². The van der Waals surface area contributed by atoms with Crippen molar-refractivity contribution in [2.75, 3.05) is 19.5 Å².